The summed E-state index contributed by atoms with van der Waals surface area (Å²) in [6.07, 6.45) is 0. The largest absolute Gasteiger partial charge is 0.466 e. The number of hydrogen-bond acceptors (Lipinski definition) is 10. The van der Waals surface area contributed by atoms with Crippen LogP contribution in [-0.2, 0) is 28.5 Å². The van der Waals surface area contributed by atoms with Crippen molar-refractivity contribution in [3.05, 3.63) is 46.3 Å². The molecule has 0 saturated heterocycles. The number of carbonyl (C=O) groups excluding carboxylic acids is 2. The number of allylic oxidation sites excluding steroid dienone is 1. The minimum atomic E-state index is -0.804. The van der Waals surface area contributed by atoms with Gasteiger partial charge in [0.15, 0.2) is 11.5 Å². The van der Waals surface area contributed by atoms with E-state index in [1.54, 1.807) is 32.0 Å². The molecule has 0 spiro atoms. The fraction of sp³-hybridized carbons (Fsp3) is 0.478. The molecular formula is C23H30N2O8. The maximum absolute atomic E-state index is 13.2. The van der Waals surface area contributed by atoms with E-state index in [9.17, 15) is 9.59 Å². The first-order chi connectivity index (χ1) is 16.0. The molecule has 3 rings (SSSR count). The molecular weight excluding hydrogens is 432 g/mol. The van der Waals surface area contributed by atoms with Gasteiger partial charge in [-0.25, -0.2) is 9.59 Å². The van der Waals surface area contributed by atoms with Crippen molar-refractivity contribution in [2.24, 2.45) is 5.73 Å². The summed E-state index contributed by atoms with van der Waals surface area (Å²) in [4.78, 5) is 26.0. The van der Waals surface area contributed by atoms with Gasteiger partial charge in [0.05, 0.1) is 62.9 Å². The number of carbonyl (C=O) groups is 2. The molecule has 0 unspecified atom stereocenters. The van der Waals surface area contributed by atoms with Gasteiger partial charge in [-0.05, 0) is 19.9 Å². The van der Waals surface area contributed by atoms with Crippen molar-refractivity contribution < 1.29 is 38.0 Å². The third-order valence-electron chi connectivity index (χ3n) is 5.16. The zero-order valence-electron chi connectivity index (χ0n) is 19.1. The first-order valence-corrected chi connectivity index (χ1v) is 10.7. The highest BCUT2D eigenvalue weighted by Gasteiger charge is 2.41. The van der Waals surface area contributed by atoms with Crippen LogP contribution in [0.4, 0.5) is 0 Å². The highest BCUT2D eigenvalue weighted by molar-refractivity contribution is 6.00. The minimum absolute atomic E-state index is 0.0464. The quantitative estimate of drug-likeness (QED) is 0.367. The lowest BCUT2D eigenvalue weighted by Gasteiger charge is -2.31. The lowest BCUT2D eigenvalue weighted by atomic mass is 9.79. The van der Waals surface area contributed by atoms with Crippen LogP contribution in [-0.4, -0.2) is 65.4 Å². The maximum Gasteiger partial charge on any atom is 0.336 e. The van der Waals surface area contributed by atoms with Gasteiger partial charge >= 0.3 is 11.9 Å². The molecule has 3 N–H and O–H groups in total. The Balaban J connectivity index is 2.04. The predicted octanol–water partition coefficient (Wildman–Crippen LogP) is 1.36. The minimum Gasteiger partial charge on any atom is -0.466 e. The number of fused-ring (bicyclic) bond motifs is 1. The third kappa shape index (κ3) is 5.47. The molecule has 10 heteroatoms. The van der Waals surface area contributed by atoms with E-state index in [0.717, 1.165) is 0 Å². The lowest BCUT2D eigenvalue weighted by Crippen LogP contribution is -2.35. The summed E-state index contributed by atoms with van der Waals surface area (Å²) in [6.45, 7) is 5.28. The summed E-state index contributed by atoms with van der Waals surface area (Å²) in [6, 6.07) is 5.33. The SMILES string of the molecule is CCOC(=O)C1=C(COCCOCCN)NC(C)=C(C(=O)OC)[C@H]1c1cccc2c1OCO2. The molecule has 10 nitrogen and oxygen atoms in total. The highest BCUT2D eigenvalue weighted by atomic mass is 16.7. The van der Waals surface area contributed by atoms with Crippen LogP contribution in [0.25, 0.3) is 0 Å². The maximum atomic E-state index is 13.2. The molecule has 0 fully saturated rings. The number of nitrogens with one attached hydrogen (secondary N) is 1. The van der Waals surface area contributed by atoms with Gasteiger partial charge in [0.25, 0.3) is 0 Å². The number of hydrogen-bond donors (Lipinski definition) is 2. The van der Waals surface area contributed by atoms with E-state index in [1.807, 2.05) is 0 Å². The van der Waals surface area contributed by atoms with E-state index in [0.29, 0.717) is 54.8 Å². The monoisotopic (exact) mass is 462 g/mol. The Bertz CT molecular complexity index is 940. The molecule has 2 heterocycles. The van der Waals surface area contributed by atoms with Gasteiger partial charge < -0.3 is 39.5 Å². The van der Waals surface area contributed by atoms with Crippen LogP contribution in [0.1, 0.15) is 25.3 Å². The Morgan fingerprint density at radius 2 is 1.91 bits per heavy atom. The second kappa shape index (κ2) is 11.7. The number of benzene rings is 1. The summed E-state index contributed by atoms with van der Waals surface area (Å²) in [7, 11) is 1.29. The van der Waals surface area contributed by atoms with E-state index in [-0.39, 0.29) is 31.2 Å². The molecule has 1 aromatic carbocycles. The third-order valence-corrected chi connectivity index (χ3v) is 5.16. The molecule has 1 atom stereocenters. The normalized spacial score (nSPS) is 17.2. The highest BCUT2D eigenvalue weighted by Crippen LogP contribution is 2.47. The summed E-state index contributed by atoms with van der Waals surface area (Å²) in [5.41, 5.74) is 7.56. The molecule has 180 valence electrons. The Labute approximate surface area is 192 Å². The molecule has 0 bridgehead atoms. The zero-order chi connectivity index (χ0) is 23.8. The number of nitrogens with two attached hydrogens (primary N) is 1. The first-order valence-electron chi connectivity index (χ1n) is 10.7. The number of ether oxygens (including phenoxy) is 6. The van der Waals surface area contributed by atoms with Crippen molar-refractivity contribution in [3.8, 4) is 11.5 Å². The molecule has 0 amide bonds. The number of para-hydroxylation sites is 1. The number of dihydropyridines is 1. The zero-order valence-corrected chi connectivity index (χ0v) is 19.1. The Hall–Kier alpha value is -3.08. The molecule has 0 saturated carbocycles. The Morgan fingerprint density at radius 3 is 2.64 bits per heavy atom. The standard InChI is InChI=1S/C23H30N2O8/c1-4-31-23(27)20-16(12-30-11-10-29-9-8-24)25-14(2)18(22(26)28-3)19(20)15-6-5-7-17-21(15)33-13-32-17/h5-7,19,25H,4,8-13,24H2,1-3H3/t19-/m1/s1. The van der Waals surface area contributed by atoms with Crippen LogP contribution in [0, 0.1) is 0 Å². The summed E-state index contributed by atoms with van der Waals surface area (Å²) >= 11 is 0. The van der Waals surface area contributed by atoms with Gasteiger partial charge in [-0.2, -0.15) is 0 Å². The van der Waals surface area contributed by atoms with Gasteiger partial charge in [-0.3, -0.25) is 0 Å². The van der Waals surface area contributed by atoms with Gasteiger partial charge in [-0.1, -0.05) is 12.1 Å². The van der Waals surface area contributed by atoms with Crippen LogP contribution in [0.2, 0.25) is 0 Å². The number of rotatable bonds is 11. The van der Waals surface area contributed by atoms with Crippen molar-refractivity contribution >= 4 is 11.9 Å². The summed E-state index contributed by atoms with van der Waals surface area (Å²) < 4.78 is 32.7. The van der Waals surface area contributed by atoms with E-state index in [2.05, 4.69) is 5.32 Å². The summed E-state index contributed by atoms with van der Waals surface area (Å²) in [5, 5.41) is 3.14. The van der Waals surface area contributed by atoms with E-state index >= 15 is 0 Å². The smallest absolute Gasteiger partial charge is 0.336 e. The fourth-order valence-corrected chi connectivity index (χ4v) is 3.81. The second-order valence-electron chi connectivity index (χ2n) is 7.24. The Kier molecular flexibility index (Phi) is 8.70. The summed E-state index contributed by atoms with van der Waals surface area (Å²) in [5.74, 6) is -0.944. The molecule has 33 heavy (non-hydrogen) atoms. The first kappa shape index (κ1) is 24.6. The molecule has 2 aliphatic rings. The van der Waals surface area contributed by atoms with Crippen molar-refractivity contribution in [2.45, 2.75) is 19.8 Å². The van der Waals surface area contributed by atoms with E-state index in [1.165, 1.54) is 7.11 Å². The number of methoxy groups -OCH3 is 1. The molecule has 0 aliphatic carbocycles. The molecule has 0 aromatic heterocycles. The van der Waals surface area contributed by atoms with Gasteiger partial charge in [0, 0.05) is 17.8 Å². The van der Waals surface area contributed by atoms with Crippen molar-refractivity contribution in [2.75, 3.05) is 53.5 Å². The van der Waals surface area contributed by atoms with Crippen molar-refractivity contribution in [1.82, 2.24) is 5.32 Å². The fourth-order valence-electron chi connectivity index (χ4n) is 3.81. The Morgan fingerprint density at radius 1 is 1.12 bits per heavy atom. The average molecular weight is 462 g/mol. The van der Waals surface area contributed by atoms with Crippen LogP contribution in [0.3, 0.4) is 0 Å². The number of esters is 2. The van der Waals surface area contributed by atoms with Crippen molar-refractivity contribution in [3.63, 3.8) is 0 Å². The van der Waals surface area contributed by atoms with Gasteiger partial charge in [0.2, 0.25) is 6.79 Å². The molecule has 1 aromatic rings. The van der Waals surface area contributed by atoms with Crippen LogP contribution in [0.15, 0.2) is 40.7 Å². The molecule has 0 radical (unpaired) electrons. The predicted molar refractivity (Wildman–Crippen MR) is 118 cm³/mol. The lowest BCUT2D eigenvalue weighted by molar-refractivity contribution is -0.139. The van der Waals surface area contributed by atoms with Crippen molar-refractivity contribution in [1.29, 1.82) is 0 Å². The topological polar surface area (TPSA) is 128 Å². The van der Waals surface area contributed by atoms with Crippen LogP contribution in [0.5, 0.6) is 11.5 Å². The van der Waals surface area contributed by atoms with E-state index in [4.69, 9.17) is 34.2 Å². The average Bonchev–Trinajstić information content (AvgIpc) is 3.29. The van der Waals surface area contributed by atoms with Gasteiger partial charge in [-0.15, -0.1) is 0 Å². The van der Waals surface area contributed by atoms with Gasteiger partial charge in [0.1, 0.15) is 0 Å². The molecule has 2 aliphatic heterocycles. The van der Waals surface area contributed by atoms with E-state index < -0.39 is 17.9 Å². The van der Waals surface area contributed by atoms with Crippen LogP contribution >= 0.6 is 0 Å². The van der Waals surface area contributed by atoms with Crippen LogP contribution < -0.4 is 20.5 Å². The second-order valence-corrected chi connectivity index (χ2v) is 7.24.